The summed E-state index contributed by atoms with van der Waals surface area (Å²) >= 11 is 0. The molecule has 0 amide bonds. The largest absolute Gasteiger partial charge is 0.468 e. The van der Waals surface area contributed by atoms with E-state index in [2.05, 4.69) is 35.1 Å². The van der Waals surface area contributed by atoms with Crippen molar-refractivity contribution in [2.24, 2.45) is 0 Å². The van der Waals surface area contributed by atoms with Crippen molar-refractivity contribution in [3.05, 3.63) is 61.2 Å². The molecule has 16 nitrogen and oxygen atoms in total. The predicted octanol–water partition coefficient (Wildman–Crippen LogP) is 2.33. The highest BCUT2D eigenvalue weighted by Gasteiger charge is 2.29. The van der Waals surface area contributed by atoms with Gasteiger partial charge in [-0.2, -0.15) is 4.73 Å². The summed E-state index contributed by atoms with van der Waals surface area (Å²) in [7, 11) is -1.34. The van der Waals surface area contributed by atoms with Crippen molar-refractivity contribution in [3.63, 3.8) is 0 Å². The summed E-state index contributed by atoms with van der Waals surface area (Å²) in [5.41, 5.74) is 7.82. The van der Waals surface area contributed by atoms with Gasteiger partial charge < -0.3 is 44.5 Å². The van der Waals surface area contributed by atoms with E-state index in [4.69, 9.17) is 24.4 Å². The van der Waals surface area contributed by atoms with Gasteiger partial charge in [-0.25, -0.2) is 19.5 Å². The van der Waals surface area contributed by atoms with Crippen molar-refractivity contribution in [1.82, 2.24) is 19.7 Å². The monoisotopic (exact) mass is 615 g/mol. The number of anilines is 3. The number of carbonyl (C=O) groups excluding carboxylic acids is 2. The Morgan fingerprint density at radius 2 is 1.40 bits per heavy atom. The minimum absolute atomic E-state index is 0.0176. The highest BCUT2D eigenvalue weighted by Crippen LogP contribution is 2.48. The van der Waals surface area contributed by atoms with Crippen molar-refractivity contribution >= 4 is 47.9 Å². The average Bonchev–Trinajstić information content (AvgIpc) is 3.44. The fourth-order valence-corrected chi connectivity index (χ4v) is 4.83. The number of ether oxygens (including phenoxy) is 3. The number of imidazole rings is 1. The third-order valence-electron chi connectivity index (χ3n) is 5.57. The zero-order chi connectivity index (χ0) is 30.7. The fraction of sp³-hybridized carbons (Fsp3) is 0.269. The lowest BCUT2D eigenvalue weighted by Gasteiger charge is -2.20. The first-order chi connectivity index (χ1) is 20.8. The van der Waals surface area contributed by atoms with E-state index in [0.717, 1.165) is 0 Å². The molecule has 2 heterocycles. The number of methoxy groups -OCH3 is 2. The number of nitrogens with zero attached hydrogens (tertiary/aromatic N) is 4. The molecule has 43 heavy (non-hydrogen) atoms. The molecule has 2 aromatic heterocycles. The van der Waals surface area contributed by atoms with Crippen LogP contribution in [0.2, 0.25) is 0 Å². The molecular formula is C26H30N7O9P. The normalized spacial score (nSPS) is 11.0. The number of aromatic nitrogens is 4. The summed E-state index contributed by atoms with van der Waals surface area (Å²) < 4.78 is 41.6. The van der Waals surface area contributed by atoms with E-state index in [-0.39, 0.29) is 43.6 Å². The lowest BCUT2D eigenvalue weighted by Crippen LogP contribution is -2.18. The van der Waals surface area contributed by atoms with Crippen LogP contribution in [-0.2, 0) is 28.4 Å². The van der Waals surface area contributed by atoms with E-state index >= 15 is 0 Å². The third-order valence-corrected chi connectivity index (χ3v) is 7.04. The molecule has 4 rings (SSSR count). The maximum atomic E-state index is 13.8. The molecule has 2 aromatic carbocycles. The Hall–Kier alpha value is -5.08. The van der Waals surface area contributed by atoms with Crippen LogP contribution in [0.3, 0.4) is 0 Å². The van der Waals surface area contributed by atoms with Gasteiger partial charge in [0.05, 0.1) is 20.8 Å². The zero-order valence-electron chi connectivity index (χ0n) is 23.3. The van der Waals surface area contributed by atoms with Gasteiger partial charge in [0.15, 0.2) is 17.7 Å². The molecule has 4 aromatic rings. The Balaban J connectivity index is 1.38. The summed E-state index contributed by atoms with van der Waals surface area (Å²) in [6, 6.07) is 12.8. The summed E-state index contributed by atoms with van der Waals surface area (Å²) in [4.78, 5) is 40.5. The lowest BCUT2D eigenvalue weighted by atomic mass is 10.3. The van der Waals surface area contributed by atoms with Gasteiger partial charge in [0.2, 0.25) is 5.65 Å². The Bertz CT molecular complexity index is 1500. The lowest BCUT2D eigenvalue weighted by molar-refractivity contribution is -0.139. The topological polar surface area (TPSA) is 200 Å². The van der Waals surface area contributed by atoms with Gasteiger partial charge in [0.1, 0.15) is 43.9 Å². The van der Waals surface area contributed by atoms with Crippen molar-refractivity contribution in [3.8, 4) is 11.5 Å². The molecule has 0 bridgehead atoms. The van der Waals surface area contributed by atoms with E-state index in [1.165, 1.54) is 31.6 Å². The molecule has 0 atom stereocenters. The molecule has 0 unspecified atom stereocenters. The number of hydrogen-bond donors (Lipinski definition) is 3. The highest BCUT2D eigenvalue weighted by atomic mass is 31.2. The van der Waals surface area contributed by atoms with Crippen molar-refractivity contribution < 1.29 is 42.2 Å². The molecule has 0 spiro atoms. The molecule has 0 saturated carbocycles. The first-order valence-corrected chi connectivity index (χ1v) is 14.5. The molecule has 0 saturated heterocycles. The van der Waals surface area contributed by atoms with Crippen molar-refractivity contribution in [1.29, 1.82) is 0 Å². The summed E-state index contributed by atoms with van der Waals surface area (Å²) in [6.45, 7) is 0.0298. The van der Waals surface area contributed by atoms with Crippen LogP contribution >= 0.6 is 7.60 Å². The van der Waals surface area contributed by atoms with Crippen LogP contribution in [0.1, 0.15) is 0 Å². The van der Waals surface area contributed by atoms with E-state index in [0.29, 0.717) is 22.5 Å². The van der Waals surface area contributed by atoms with Crippen LogP contribution in [0.5, 0.6) is 11.5 Å². The number of esters is 2. The van der Waals surface area contributed by atoms with Crippen LogP contribution in [0, 0.1) is 0 Å². The third kappa shape index (κ3) is 8.95. The molecule has 228 valence electrons. The first-order valence-electron chi connectivity index (χ1n) is 12.7. The van der Waals surface area contributed by atoms with E-state index < -0.39 is 25.9 Å². The second-order valence-corrected chi connectivity index (χ2v) is 10.4. The Morgan fingerprint density at radius 3 is 1.93 bits per heavy atom. The summed E-state index contributed by atoms with van der Waals surface area (Å²) in [5.74, 6) is -0.150. The number of benzene rings is 2. The minimum Gasteiger partial charge on any atom is -0.468 e. The van der Waals surface area contributed by atoms with Gasteiger partial charge in [-0.05, 0) is 48.5 Å². The van der Waals surface area contributed by atoms with Gasteiger partial charge in [0.25, 0.3) is 0 Å². The Morgan fingerprint density at radius 1 is 0.837 bits per heavy atom. The van der Waals surface area contributed by atoms with E-state index in [1.54, 1.807) is 48.5 Å². The number of fused-ring (bicyclic) bond motifs is 1. The molecule has 0 aliphatic carbocycles. The Labute approximate surface area is 245 Å². The predicted molar refractivity (Wildman–Crippen MR) is 155 cm³/mol. The van der Waals surface area contributed by atoms with Crippen LogP contribution in [0.4, 0.5) is 17.2 Å². The fourth-order valence-electron chi connectivity index (χ4n) is 3.45. The first kappa shape index (κ1) is 30.9. The Kier molecular flexibility index (Phi) is 10.6. The second kappa shape index (κ2) is 14.7. The van der Waals surface area contributed by atoms with Gasteiger partial charge in [-0.3, -0.25) is 9.59 Å². The van der Waals surface area contributed by atoms with Crippen molar-refractivity contribution in [2.45, 2.75) is 0 Å². The number of nitrogens with one attached hydrogen (secondary N) is 2. The second-order valence-electron chi connectivity index (χ2n) is 8.57. The van der Waals surface area contributed by atoms with Crippen LogP contribution in [0.25, 0.3) is 11.2 Å². The molecular weight excluding hydrogens is 585 g/mol. The van der Waals surface area contributed by atoms with Gasteiger partial charge in [-0.15, -0.1) is 0 Å². The number of nitrogens with two attached hydrogens (primary N) is 1. The van der Waals surface area contributed by atoms with Crippen molar-refractivity contribution in [2.75, 3.05) is 63.2 Å². The van der Waals surface area contributed by atoms with E-state index in [1.807, 2.05) is 0 Å². The number of carbonyl (C=O) groups is 2. The number of rotatable bonds is 16. The summed E-state index contributed by atoms with van der Waals surface area (Å²) in [5, 5.41) is 5.80. The zero-order valence-corrected chi connectivity index (χ0v) is 24.2. The number of hydrogen-bond acceptors (Lipinski definition) is 15. The smallest absolute Gasteiger partial charge is 0.456 e. The van der Waals surface area contributed by atoms with E-state index in [9.17, 15) is 14.2 Å². The quantitative estimate of drug-likeness (QED) is 0.0941. The maximum Gasteiger partial charge on any atom is 0.456 e. The molecule has 0 aliphatic heterocycles. The minimum atomic E-state index is -3.93. The molecule has 0 fully saturated rings. The molecule has 17 heteroatoms. The maximum absolute atomic E-state index is 13.8. The van der Waals surface area contributed by atoms with Crippen LogP contribution in [0.15, 0.2) is 61.2 Å². The molecule has 0 radical (unpaired) electrons. The number of nitrogen functional groups attached to an aromatic ring is 1. The van der Waals surface area contributed by atoms with Crippen LogP contribution < -0.4 is 30.3 Å². The molecule has 4 N–H and O–H groups in total. The highest BCUT2D eigenvalue weighted by molar-refractivity contribution is 7.54. The van der Waals surface area contributed by atoms with Crippen LogP contribution in [-0.4, -0.2) is 78.5 Å². The van der Waals surface area contributed by atoms with Gasteiger partial charge in [0, 0.05) is 11.4 Å². The average molecular weight is 616 g/mol. The standard InChI is InChI=1S/C26H30N7O9P/c1-37-22(34)13-28-18-3-7-20(8-4-18)41-43(36,42-21-9-5-19(6-10-21)29-14-23(35)38-2)17-39-11-12-40-33-16-32-24-25(27)30-15-31-26(24)33/h3-10,15-16,28-29H,11-14,17H2,1-2H3,(H2,27,30,31). The molecule has 0 aliphatic rings. The summed E-state index contributed by atoms with van der Waals surface area (Å²) in [6.07, 6.45) is 2.28. The van der Waals surface area contributed by atoms with Gasteiger partial charge >= 0.3 is 19.5 Å². The SMILES string of the molecule is COC(=O)CNc1ccc(OP(=O)(COCCOn2cnc3c(N)ncnc32)Oc2ccc(NCC(=O)OC)cc2)cc1. The van der Waals surface area contributed by atoms with Gasteiger partial charge in [-0.1, -0.05) is 0 Å².